The number of hydrogen-bond acceptors (Lipinski definition) is 3. The summed E-state index contributed by atoms with van der Waals surface area (Å²) in [7, 11) is 4.00. The predicted octanol–water partition coefficient (Wildman–Crippen LogP) is 1.47. The Labute approximate surface area is 108 Å². The quantitative estimate of drug-likeness (QED) is 0.890. The van der Waals surface area contributed by atoms with Crippen molar-refractivity contribution in [3.05, 3.63) is 35.2 Å². The Hall–Kier alpha value is -1.62. The van der Waals surface area contributed by atoms with E-state index in [1.54, 1.807) is 0 Å². The van der Waals surface area contributed by atoms with E-state index in [2.05, 4.69) is 40.7 Å². The van der Waals surface area contributed by atoms with Gasteiger partial charge in [-0.25, -0.2) is 4.98 Å². The molecule has 0 aliphatic rings. The lowest BCUT2D eigenvalue weighted by molar-refractivity contribution is 0.571. The van der Waals surface area contributed by atoms with Crippen molar-refractivity contribution in [2.45, 2.75) is 26.8 Å². The second-order valence-corrected chi connectivity index (χ2v) is 4.60. The van der Waals surface area contributed by atoms with Gasteiger partial charge in [0.2, 0.25) is 0 Å². The molecule has 0 saturated carbocycles. The van der Waals surface area contributed by atoms with Crippen LogP contribution < -0.4 is 5.32 Å². The molecular formula is C13H21N5. The maximum atomic E-state index is 4.49. The summed E-state index contributed by atoms with van der Waals surface area (Å²) < 4.78 is 3.98. The smallest absolute Gasteiger partial charge is 0.130 e. The number of nitrogens with one attached hydrogen (secondary N) is 1. The second kappa shape index (κ2) is 4.94. The lowest BCUT2D eigenvalue weighted by atomic mass is 10.0. The third kappa shape index (κ3) is 2.06. The largest absolute Gasteiger partial charge is 0.336 e. The molecule has 5 nitrogen and oxygen atoms in total. The predicted molar refractivity (Wildman–Crippen MR) is 71.4 cm³/mol. The van der Waals surface area contributed by atoms with Gasteiger partial charge in [0.1, 0.15) is 5.82 Å². The van der Waals surface area contributed by atoms with Crippen molar-refractivity contribution < 1.29 is 0 Å². The standard InChI is InChI=1S/C13H21N5/c1-6-14-12(13-15-7-8-17(13)4)11-9(2)16-18(5)10(11)3/h7-8,12,14H,6H2,1-5H3. The molecule has 5 heteroatoms. The van der Waals surface area contributed by atoms with Crippen molar-refractivity contribution in [3.63, 3.8) is 0 Å². The lowest BCUT2D eigenvalue weighted by Crippen LogP contribution is -2.25. The average Bonchev–Trinajstić information content (AvgIpc) is 2.83. The Balaban J connectivity index is 2.51. The van der Waals surface area contributed by atoms with Crippen molar-refractivity contribution in [3.8, 4) is 0 Å². The van der Waals surface area contributed by atoms with Crippen molar-refractivity contribution >= 4 is 0 Å². The fourth-order valence-corrected chi connectivity index (χ4v) is 2.39. The zero-order valence-electron chi connectivity index (χ0n) is 11.7. The van der Waals surface area contributed by atoms with Crippen LogP contribution in [0.25, 0.3) is 0 Å². The molecule has 18 heavy (non-hydrogen) atoms. The highest BCUT2D eigenvalue weighted by molar-refractivity contribution is 5.32. The molecule has 1 atom stereocenters. The van der Waals surface area contributed by atoms with Crippen molar-refractivity contribution in [1.29, 1.82) is 0 Å². The SMILES string of the molecule is CCNC(c1c(C)nn(C)c1C)c1nccn1C. The summed E-state index contributed by atoms with van der Waals surface area (Å²) in [6.45, 7) is 7.15. The first-order valence-electron chi connectivity index (χ1n) is 6.27. The number of nitrogens with zero attached hydrogens (tertiary/aromatic N) is 4. The molecule has 0 fully saturated rings. The number of hydrogen-bond donors (Lipinski definition) is 1. The Kier molecular flexibility index (Phi) is 3.52. The summed E-state index contributed by atoms with van der Waals surface area (Å²) in [6.07, 6.45) is 3.81. The van der Waals surface area contributed by atoms with Gasteiger partial charge in [0.05, 0.1) is 11.7 Å². The summed E-state index contributed by atoms with van der Waals surface area (Å²) in [4.78, 5) is 4.47. The van der Waals surface area contributed by atoms with Gasteiger partial charge in [-0.1, -0.05) is 6.92 Å². The highest BCUT2D eigenvalue weighted by Gasteiger charge is 2.23. The molecule has 2 aromatic heterocycles. The molecule has 0 bridgehead atoms. The topological polar surface area (TPSA) is 47.7 Å². The monoisotopic (exact) mass is 247 g/mol. The molecule has 1 N–H and O–H groups in total. The number of aryl methyl sites for hydroxylation is 3. The van der Waals surface area contributed by atoms with Crippen LogP contribution in [0.1, 0.15) is 35.7 Å². The van der Waals surface area contributed by atoms with E-state index < -0.39 is 0 Å². The van der Waals surface area contributed by atoms with Gasteiger partial charge in [-0.3, -0.25) is 4.68 Å². The second-order valence-electron chi connectivity index (χ2n) is 4.60. The fraction of sp³-hybridized carbons (Fsp3) is 0.538. The van der Waals surface area contributed by atoms with Gasteiger partial charge in [-0.05, 0) is 20.4 Å². The molecule has 0 amide bonds. The first kappa shape index (κ1) is 12.8. The fourth-order valence-electron chi connectivity index (χ4n) is 2.39. The van der Waals surface area contributed by atoms with Crippen LogP contribution >= 0.6 is 0 Å². The summed E-state index contributed by atoms with van der Waals surface area (Å²) in [5.74, 6) is 1.02. The van der Waals surface area contributed by atoms with Gasteiger partial charge >= 0.3 is 0 Å². The Bertz CT molecular complexity index is 538. The van der Waals surface area contributed by atoms with Gasteiger partial charge < -0.3 is 9.88 Å². The molecular weight excluding hydrogens is 226 g/mol. The van der Waals surface area contributed by atoms with Crippen LogP contribution in [0.2, 0.25) is 0 Å². The maximum Gasteiger partial charge on any atom is 0.130 e. The minimum absolute atomic E-state index is 0.101. The Morgan fingerprint density at radius 3 is 2.50 bits per heavy atom. The first-order valence-corrected chi connectivity index (χ1v) is 6.27. The molecule has 2 rings (SSSR count). The summed E-state index contributed by atoms with van der Waals surface area (Å²) in [5.41, 5.74) is 3.47. The van der Waals surface area contributed by atoms with E-state index in [1.807, 2.05) is 31.2 Å². The van der Waals surface area contributed by atoms with Crippen LogP contribution in [0.3, 0.4) is 0 Å². The molecule has 1 unspecified atom stereocenters. The van der Waals surface area contributed by atoms with Gasteiger partial charge in [0.25, 0.3) is 0 Å². The van der Waals surface area contributed by atoms with E-state index in [9.17, 15) is 0 Å². The Morgan fingerprint density at radius 1 is 1.33 bits per heavy atom. The van der Waals surface area contributed by atoms with Crippen molar-refractivity contribution in [1.82, 2.24) is 24.6 Å². The third-order valence-corrected chi connectivity index (χ3v) is 3.38. The van der Waals surface area contributed by atoms with Gasteiger partial charge in [0, 0.05) is 37.7 Å². The maximum absolute atomic E-state index is 4.49. The van der Waals surface area contributed by atoms with E-state index in [4.69, 9.17) is 0 Å². The highest BCUT2D eigenvalue weighted by Crippen LogP contribution is 2.26. The van der Waals surface area contributed by atoms with E-state index in [0.717, 1.165) is 18.1 Å². The number of imidazole rings is 1. The number of rotatable bonds is 4. The zero-order valence-corrected chi connectivity index (χ0v) is 11.7. The molecule has 2 heterocycles. The molecule has 0 radical (unpaired) electrons. The van der Waals surface area contributed by atoms with E-state index in [1.165, 1.54) is 11.3 Å². The zero-order chi connectivity index (χ0) is 13.3. The molecule has 0 spiro atoms. The van der Waals surface area contributed by atoms with Crippen molar-refractivity contribution in [2.75, 3.05) is 6.54 Å². The van der Waals surface area contributed by atoms with E-state index in [0.29, 0.717) is 0 Å². The van der Waals surface area contributed by atoms with Crippen LogP contribution in [0.15, 0.2) is 12.4 Å². The minimum Gasteiger partial charge on any atom is -0.336 e. The van der Waals surface area contributed by atoms with Crippen LogP contribution in [0.5, 0.6) is 0 Å². The van der Waals surface area contributed by atoms with Gasteiger partial charge in [-0.15, -0.1) is 0 Å². The molecule has 2 aromatic rings. The average molecular weight is 247 g/mol. The highest BCUT2D eigenvalue weighted by atomic mass is 15.3. The normalized spacial score (nSPS) is 12.9. The number of aromatic nitrogens is 4. The molecule has 0 aromatic carbocycles. The van der Waals surface area contributed by atoms with Gasteiger partial charge in [0.15, 0.2) is 0 Å². The molecule has 98 valence electrons. The van der Waals surface area contributed by atoms with E-state index >= 15 is 0 Å². The first-order chi connectivity index (χ1) is 8.56. The summed E-state index contributed by atoms with van der Waals surface area (Å²) in [5, 5.41) is 7.99. The van der Waals surface area contributed by atoms with Crippen LogP contribution in [-0.4, -0.2) is 25.9 Å². The van der Waals surface area contributed by atoms with Gasteiger partial charge in [-0.2, -0.15) is 5.10 Å². The van der Waals surface area contributed by atoms with Crippen LogP contribution in [0, 0.1) is 13.8 Å². The van der Waals surface area contributed by atoms with Crippen molar-refractivity contribution in [2.24, 2.45) is 14.1 Å². The molecule has 0 saturated heterocycles. The Morgan fingerprint density at radius 2 is 2.06 bits per heavy atom. The molecule has 0 aliphatic heterocycles. The lowest BCUT2D eigenvalue weighted by Gasteiger charge is -2.18. The summed E-state index contributed by atoms with van der Waals surface area (Å²) >= 11 is 0. The van der Waals surface area contributed by atoms with Crippen LogP contribution in [-0.2, 0) is 14.1 Å². The molecule has 0 aliphatic carbocycles. The van der Waals surface area contributed by atoms with Crippen LogP contribution in [0.4, 0.5) is 0 Å². The van der Waals surface area contributed by atoms with E-state index in [-0.39, 0.29) is 6.04 Å². The minimum atomic E-state index is 0.101. The summed E-state index contributed by atoms with van der Waals surface area (Å²) in [6, 6.07) is 0.101. The third-order valence-electron chi connectivity index (χ3n) is 3.38.